The summed E-state index contributed by atoms with van der Waals surface area (Å²) in [5.41, 5.74) is 0.492. The fourth-order valence-corrected chi connectivity index (χ4v) is 1.86. The maximum atomic E-state index is 13.4. The summed E-state index contributed by atoms with van der Waals surface area (Å²) in [6.07, 6.45) is 0.985. The van der Waals surface area contributed by atoms with Gasteiger partial charge in [-0.15, -0.1) is 0 Å². The summed E-state index contributed by atoms with van der Waals surface area (Å²) in [6.45, 7) is 0.697. The molecule has 2 aromatic carbocycles. The van der Waals surface area contributed by atoms with Crippen molar-refractivity contribution in [1.82, 2.24) is 5.32 Å². The van der Waals surface area contributed by atoms with Crippen LogP contribution in [0.2, 0.25) is 0 Å². The van der Waals surface area contributed by atoms with Gasteiger partial charge in [0.15, 0.2) is 0 Å². The molecule has 0 aliphatic carbocycles. The van der Waals surface area contributed by atoms with Crippen molar-refractivity contribution >= 4 is 5.91 Å². The van der Waals surface area contributed by atoms with Gasteiger partial charge < -0.3 is 10.1 Å². The number of amides is 1. The van der Waals surface area contributed by atoms with Gasteiger partial charge in [0.1, 0.15) is 11.6 Å². The SMILES string of the molecule is O=C(CCCOc1ccccc1)NCc1ccccc1F. The Balaban J connectivity index is 1.63. The van der Waals surface area contributed by atoms with Gasteiger partial charge in [0.25, 0.3) is 0 Å². The van der Waals surface area contributed by atoms with E-state index in [0.29, 0.717) is 25.0 Å². The van der Waals surface area contributed by atoms with E-state index in [2.05, 4.69) is 5.32 Å². The molecule has 0 spiro atoms. The zero-order valence-electron chi connectivity index (χ0n) is 11.7. The van der Waals surface area contributed by atoms with Crippen molar-refractivity contribution in [2.75, 3.05) is 6.61 Å². The second-order valence-corrected chi connectivity index (χ2v) is 4.63. The summed E-state index contributed by atoms with van der Waals surface area (Å²) < 4.78 is 18.9. The molecule has 2 rings (SSSR count). The smallest absolute Gasteiger partial charge is 0.220 e. The van der Waals surface area contributed by atoms with E-state index in [1.54, 1.807) is 18.2 Å². The molecular weight excluding hydrogens is 269 g/mol. The zero-order chi connectivity index (χ0) is 14.9. The van der Waals surface area contributed by atoms with E-state index in [-0.39, 0.29) is 18.3 Å². The van der Waals surface area contributed by atoms with Crippen LogP contribution in [-0.4, -0.2) is 12.5 Å². The number of hydrogen-bond donors (Lipinski definition) is 1. The third-order valence-corrected chi connectivity index (χ3v) is 2.99. The van der Waals surface area contributed by atoms with Crippen molar-refractivity contribution in [2.45, 2.75) is 19.4 Å². The number of carbonyl (C=O) groups is 1. The number of nitrogens with one attached hydrogen (secondary N) is 1. The fraction of sp³-hybridized carbons (Fsp3) is 0.235. The predicted octanol–water partition coefficient (Wildman–Crippen LogP) is 3.30. The lowest BCUT2D eigenvalue weighted by molar-refractivity contribution is -0.121. The normalized spacial score (nSPS) is 10.1. The summed E-state index contributed by atoms with van der Waals surface area (Å²) in [7, 11) is 0. The van der Waals surface area contributed by atoms with Gasteiger partial charge in [0.05, 0.1) is 6.61 Å². The molecule has 0 unspecified atom stereocenters. The van der Waals surface area contributed by atoms with Crippen LogP contribution in [0, 0.1) is 5.82 Å². The first kappa shape index (κ1) is 15.0. The summed E-state index contributed by atoms with van der Waals surface area (Å²) in [4.78, 5) is 11.6. The third kappa shape index (κ3) is 5.26. The highest BCUT2D eigenvalue weighted by atomic mass is 19.1. The van der Waals surface area contributed by atoms with Crippen LogP contribution in [0.1, 0.15) is 18.4 Å². The molecule has 21 heavy (non-hydrogen) atoms. The van der Waals surface area contributed by atoms with Gasteiger partial charge >= 0.3 is 0 Å². The van der Waals surface area contributed by atoms with Crippen molar-refractivity contribution in [3.05, 3.63) is 66.0 Å². The van der Waals surface area contributed by atoms with E-state index in [1.807, 2.05) is 30.3 Å². The van der Waals surface area contributed by atoms with Gasteiger partial charge in [-0.1, -0.05) is 36.4 Å². The van der Waals surface area contributed by atoms with Gasteiger partial charge in [0, 0.05) is 18.5 Å². The highest BCUT2D eigenvalue weighted by Crippen LogP contribution is 2.09. The molecule has 0 saturated heterocycles. The van der Waals surface area contributed by atoms with E-state index < -0.39 is 0 Å². The van der Waals surface area contributed by atoms with E-state index in [4.69, 9.17) is 4.74 Å². The molecule has 0 aromatic heterocycles. The Bertz CT molecular complexity index is 572. The van der Waals surface area contributed by atoms with Crippen molar-refractivity contribution in [2.24, 2.45) is 0 Å². The summed E-state index contributed by atoms with van der Waals surface area (Å²) in [6, 6.07) is 15.9. The van der Waals surface area contributed by atoms with Crippen LogP contribution in [-0.2, 0) is 11.3 Å². The standard InChI is InChI=1S/C17H18FNO2/c18-16-10-5-4-7-14(16)13-19-17(20)11-6-12-21-15-8-2-1-3-9-15/h1-5,7-10H,6,11-13H2,(H,19,20). The molecule has 2 aromatic rings. The third-order valence-electron chi connectivity index (χ3n) is 2.99. The molecule has 0 aliphatic heterocycles. The van der Waals surface area contributed by atoms with Crippen molar-refractivity contribution in [1.29, 1.82) is 0 Å². The number of benzene rings is 2. The first-order valence-electron chi connectivity index (χ1n) is 6.93. The van der Waals surface area contributed by atoms with Gasteiger partial charge in [-0.05, 0) is 24.6 Å². The second kappa shape index (κ2) is 8.04. The fourth-order valence-electron chi connectivity index (χ4n) is 1.86. The van der Waals surface area contributed by atoms with Crippen molar-refractivity contribution in [3.8, 4) is 5.75 Å². The number of halogens is 1. The minimum atomic E-state index is -0.301. The molecule has 0 bridgehead atoms. The highest BCUT2D eigenvalue weighted by Gasteiger charge is 2.04. The van der Waals surface area contributed by atoms with Gasteiger partial charge in [-0.2, -0.15) is 0 Å². The Hall–Kier alpha value is -2.36. The predicted molar refractivity (Wildman–Crippen MR) is 79.4 cm³/mol. The Labute approximate surface area is 123 Å². The van der Waals surface area contributed by atoms with Gasteiger partial charge in [-0.3, -0.25) is 4.79 Å². The Morgan fingerprint density at radius 3 is 2.52 bits per heavy atom. The number of ether oxygens (including phenoxy) is 1. The average molecular weight is 287 g/mol. The van der Waals surface area contributed by atoms with E-state index >= 15 is 0 Å². The second-order valence-electron chi connectivity index (χ2n) is 4.63. The molecule has 0 aliphatic rings. The minimum Gasteiger partial charge on any atom is -0.494 e. The topological polar surface area (TPSA) is 38.3 Å². The molecule has 1 N–H and O–H groups in total. The largest absolute Gasteiger partial charge is 0.494 e. The van der Waals surface area contributed by atoms with Crippen LogP contribution in [0.4, 0.5) is 4.39 Å². The molecule has 0 fully saturated rings. The summed E-state index contributed by atoms with van der Waals surface area (Å²) >= 11 is 0. The summed E-state index contributed by atoms with van der Waals surface area (Å²) in [5.74, 6) is 0.393. The van der Waals surface area contributed by atoms with Crippen molar-refractivity contribution in [3.63, 3.8) is 0 Å². The molecular formula is C17H18FNO2. The maximum Gasteiger partial charge on any atom is 0.220 e. The highest BCUT2D eigenvalue weighted by molar-refractivity contribution is 5.75. The summed E-state index contributed by atoms with van der Waals surface area (Å²) in [5, 5.41) is 2.70. The molecule has 0 heterocycles. The molecule has 0 saturated carbocycles. The van der Waals surface area contributed by atoms with Gasteiger partial charge in [-0.25, -0.2) is 4.39 Å². The number of para-hydroxylation sites is 1. The van der Waals surface area contributed by atoms with E-state index in [0.717, 1.165) is 5.75 Å². The van der Waals surface area contributed by atoms with Crippen molar-refractivity contribution < 1.29 is 13.9 Å². The van der Waals surface area contributed by atoms with Gasteiger partial charge in [0.2, 0.25) is 5.91 Å². The van der Waals surface area contributed by atoms with Crippen LogP contribution in [0.5, 0.6) is 5.75 Å². The molecule has 0 atom stereocenters. The van der Waals surface area contributed by atoms with Crippen LogP contribution < -0.4 is 10.1 Å². The lowest BCUT2D eigenvalue weighted by atomic mass is 10.2. The van der Waals surface area contributed by atoms with Crippen LogP contribution >= 0.6 is 0 Å². The Morgan fingerprint density at radius 1 is 1.05 bits per heavy atom. The molecule has 4 heteroatoms. The zero-order valence-corrected chi connectivity index (χ0v) is 11.7. The van der Waals surface area contributed by atoms with Crippen LogP contribution in [0.3, 0.4) is 0 Å². The molecule has 0 radical (unpaired) electrons. The Kier molecular flexibility index (Phi) is 5.76. The monoisotopic (exact) mass is 287 g/mol. The number of hydrogen-bond acceptors (Lipinski definition) is 2. The average Bonchev–Trinajstić information content (AvgIpc) is 2.52. The van der Waals surface area contributed by atoms with E-state index in [9.17, 15) is 9.18 Å². The number of carbonyl (C=O) groups excluding carboxylic acids is 1. The van der Waals surface area contributed by atoms with Crippen LogP contribution in [0.15, 0.2) is 54.6 Å². The first-order valence-corrected chi connectivity index (χ1v) is 6.93. The Morgan fingerprint density at radius 2 is 1.76 bits per heavy atom. The lowest BCUT2D eigenvalue weighted by Crippen LogP contribution is -2.23. The van der Waals surface area contributed by atoms with E-state index in [1.165, 1.54) is 6.07 Å². The minimum absolute atomic E-state index is 0.102. The molecule has 1 amide bonds. The lowest BCUT2D eigenvalue weighted by Gasteiger charge is -2.07. The number of rotatable bonds is 7. The molecule has 3 nitrogen and oxygen atoms in total. The quantitative estimate of drug-likeness (QED) is 0.793. The molecule has 110 valence electrons. The first-order chi connectivity index (χ1) is 10.3. The van der Waals surface area contributed by atoms with Crippen LogP contribution in [0.25, 0.3) is 0 Å². The maximum absolute atomic E-state index is 13.4.